The quantitative estimate of drug-likeness (QED) is 0.0835. The second-order valence-electron chi connectivity index (χ2n) is 11.9. The minimum Gasteiger partial charge on any atom is -0.448 e. The molecule has 4 N–H and O–H groups in total. The lowest BCUT2D eigenvalue weighted by Crippen LogP contribution is -2.37. The molecule has 1 atom stereocenters. The van der Waals surface area contributed by atoms with Crippen LogP contribution in [0.15, 0.2) is 76.1 Å². The van der Waals surface area contributed by atoms with Crippen LogP contribution in [0.4, 0.5) is 60.4 Å². The molecule has 1 aromatic heterocycles. The average molecular weight is 777 g/mol. The maximum atomic E-state index is 15.4. The first-order valence-electron chi connectivity index (χ1n) is 16.6. The highest BCUT2D eigenvalue weighted by molar-refractivity contribution is 7.93. The van der Waals surface area contributed by atoms with Crippen LogP contribution in [0.25, 0.3) is 11.1 Å². The number of ether oxygens (including phenoxy) is 2. The number of halogens is 5. The van der Waals surface area contributed by atoms with E-state index >= 15 is 4.39 Å². The Labute approximate surface area is 307 Å². The number of alkyl halides is 3. The van der Waals surface area contributed by atoms with Gasteiger partial charge in [-0.3, -0.25) is 4.90 Å². The van der Waals surface area contributed by atoms with E-state index in [0.29, 0.717) is 60.6 Å². The number of rotatable bonds is 12. The Kier molecular flexibility index (Phi) is 13.0. The van der Waals surface area contributed by atoms with E-state index in [9.17, 15) is 31.4 Å². The van der Waals surface area contributed by atoms with Crippen molar-refractivity contribution in [1.29, 1.82) is 0 Å². The Hall–Kier alpha value is -5.40. The number of hydrogen-bond acceptors (Lipinski definition) is 10. The van der Waals surface area contributed by atoms with Crippen LogP contribution in [-0.2, 0) is 25.4 Å². The molecule has 4 aromatic rings. The highest BCUT2D eigenvalue weighted by Gasteiger charge is 2.31. The zero-order chi connectivity index (χ0) is 38.9. The average Bonchev–Trinajstić information content (AvgIpc) is 3.12. The summed E-state index contributed by atoms with van der Waals surface area (Å²) >= 11 is 0. The van der Waals surface area contributed by atoms with E-state index in [2.05, 4.69) is 35.2 Å². The summed E-state index contributed by atoms with van der Waals surface area (Å²) in [5.74, 6) is -1.55. The van der Waals surface area contributed by atoms with Crippen LogP contribution in [0.1, 0.15) is 18.9 Å². The van der Waals surface area contributed by atoms with Crippen molar-refractivity contribution in [2.45, 2.75) is 24.4 Å². The molecule has 288 valence electrons. The second kappa shape index (κ2) is 17.6. The summed E-state index contributed by atoms with van der Waals surface area (Å²) in [5, 5.41) is 10.5. The molecule has 1 fully saturated rings. The van der Waals surface area contributed by atoms with Gasteiger partial charge in [0.05, 0.1) is 46.5 Å². The maximum Gasteiger partial charge on any atom is 0.442 e. The summed E-state index contributed by atoms with van der Waals surface area (Å²) in [7, 11) is -3.14. The molecule has 0 aliphatic carbocycles. The fourth-order valence-corrected chi connectivity index (χ4v) is 6.38. The molecule has 0 saturated carbocycles. The molecular weight excluding hydrogens is 739 g/mol. The number of aromatic nitrogens is 2. The van der Waals surface area contributed by atoms with Gasteiger partial charge in [-0.1, -0.05) is 12.1 Å². The second-order valence-corrected chi connectivity index (χ2v) is 14.2. The third-order valence-corrected chi connectivity index (χ3v) is 9.58. The predicted octanol–water partition coefficient (Wildman–Crippen LogP) is 7.58. The number of carbonyl (C=O) groups excluding carboxylic acids is 2. The first-order chi connectivity index (χ1) is 25.7. The van der Waals surface area contributed by atoms with Crippen molar-refractivity contribution in [3.63, 3.8) is 0 Å². The molecule has 1 aliphatic heterocycles. The van der Waals surface area contributed by atoms with Gasteiger partial charge in [0.15, 0.2) is 0 Å². The Morgan fingerprint density at radius 2 is 1.76 bits per heavy atom. The molecule has 1 aliphatic rings. The molecule has 0 unspecified atom stereocenters. The van der Waals surface area contributed by atoms with Crippen molar-refractivity contribution >= 4 is 50.7 Å². The largest absolute Gasteiger partial charge is 0.448 e. The van der Waals surface area contributed by atoms with E-state index in [1.165, 1.54) is 30.7 Å². The summed E-state index contributed by atoms with van der Waals surface area (Å²) in [6.07, 6.45) is -2.21. The van der Waals surface area contributed by atoms with Crippen molar-refractivity contribution < 1.29 is 45.2 Å². The first kappa shape index (κ1) is 39.8. The van der Waals surface area contributed by atoms with E-state index in [4.69, 9.17) is 9.47 Å². The summed E-state index contributed by atoms with van der Waals surface area (Å²) < 4.78 is 95.9. The van der Waals surface area contributed by atoms with Gasteiger partial charge in [-0.25, -0.2) is 27.6 Å². The standard InChI is InChI=1S/C35H37F5N8O5S/c1-3-53-34(50)47-54(2,51)25-7-4-6-24(20-25)43-32-42-21-26(31(46-32)41-12-5-13-48-14-16-52-17-15-48)22-8-11-29(28(37)18-22)44-33(49)45-30-19-23(35(38,39)40)9-10-27(30)36/h4,6-11,18-21H,3,5,12-17H2,1-2H3,(H2,44,45,49)(H2,41,42,43,46)/t54-/m1/s1. The molecule has 5 rings (SSSR count). The number of hydrogen-bond donors (Lipinski definition) is 4. The van der Waals surface area contributed by atoms with E-state index in [1.807, 2.05) is 5.32 Å². The Balaban J connectivity index is 1.36. The van der Waals surface area contributed by atoms with Gasteiger partial charge in [0.25, 0.3) is 0 Å². The van der Waals surface area contributed by atoms with Crippen LogP contribution >= 0.6 is 0 Å². The number of nitrogens with one attached hydrogen (secondary N) is 4. The number of carbonyl (C=O) groups is 2. The summed E-state index contributed by atoms with van der Waals surface area (Å²) in [5.41, 5.74) is -1.09. The van der Waals surface area contributed by atoms with Gasteiger partial charge in [0.1, 0.15) is 17.5 Å². The van der Waals surface area contributed by atoms with Crippen LogP contribution in [0.5, 0.6) is 0 Å². The molecule has 0 bridgehead atoms. The molecule has 19 heteroatoms. The van der Waals surface area contributed by atoms with Crippen molar-refractivity contribution in [3.05, 3.63) is 84.1 Å². The number of morpholine rings is 1. The highest BCUT2D eigenvalue weighted by Crippen LogP contribution is 2.33. The summed E-state index contributed by atoms with van der Waals surface area (Å²) in [4.78, 5) is 36.0. The Morgan fingerprint density at radius 1 is 1.00 bits per heavy atom. The van der Waals surface area contributed by atoms with Crippen LogP contribution in [0.3, 0.4) is 0 Å². The van der Waals surface area contributed by atoms with E-state index in [0.717, 1.165) is 32.1 Å². The van der Waals surface area contributed by atoms with Gasteiger partial charge in [-0.2, -0.15) is 18.2 Å². The molecule has 54 heavy (non-hydrogen) atoms. The lowest BCUT2D eigenvalue weighted by Gasteiger charge is -2.26. The summed E-state index contributed by atoms with van der Waals surface area (Å²) in [6.45, 7) is 5.91. The number of benzene rings is 3. The van der Waals surface area contributed by atoms with Gasteiger partial charge < -0.3 is 30.7 Å². The molecule has 3 aromatic carbocycles. The van der Waals surface area contributed by atoms with E-state index in [1.54, 1.807) is 25.1 Å². The Morgan fingerprint density at radius 3 is 2.48 bits per heavy atom. The smallest absolute Gasteiger partial charge is 0.442 e. The fraction of sp³-hybridized carbons (Fsp3) is 0.314. The Bertz CT molecular complexity index is 2110. The molecule has 2 heterocycles. The molecule has 0 radical (unpaired) electrons. The number of anilines is 5. The normalized spacial score (nSPS) is 14.4. The zero-order valence-electron chi connectivity index (χ0n) is 29.1. The molecule has 0 spiro atoms. The number of nitrogens with zero attached hydrogens (tertiary/aromatic N) is 4. The van der Waals surface area contributed by atoms with Crippen LogP contribution in [0, 0.1) is 11.6 Å². The third kappa shape index (κ3) is 10.8. The van der Waals surface area contributed by atoms with Crippen molar-refractivity contribution in [1.82, 2.24) is 14.9 Å². The van der Waals surface area contributed by atoms with Crippen molar-refractivity contribution in [2.24, 2.45) is 4.36 Å². The van der Waals surface area contributed by atoms with Gasteiger partial charge in [-0.05, 0) is 74.0 Å². The third-order valence-electron chi connectivity index (χ3n) is 7.95. The van der Waals surface area contributed by atoms with E-state index in [-0.39, 0.29) is 23.1 Å². The fourth-order valence-electron chi connectivity index (χ4n) is 5.26. The van der Waals surface area contributed by atoms with Crippen molar-refractivity contribution in [2.75, 3.05) is 73.5 Å². The lowest BCUT2D eigenvalue weighted by molar-refractivity contribution is -0.137. The van der Waals surface area contributed by atoms with Crippen molar-refractivity contribution in [3.8, 4) is 11.1 Å². The van der Waals surface area contributed by atoms with E-state index < -0.39 is 50.9 Å². The molecule has 13 nitrogen and oxygen atoms in total. The zero-order valence-corrected chi connectivity index (χ0v) is 30.0. The molecule has 3 amide bonds. The van der Waals surface area contributed by atoms with Gasteiger partial charge in [0, 0.05) is 48.2 Å². The lowest BCUT2D eigenvalue weighted by atomic mass is 10.1. The molecule has 1 saturated heterocycles. The number of amides is 3. The first-order valence-corrected chi connectivity index (χ1v) is 18.6. The van der Waals surface area contributed by atoms with Gasteiger partial charge >= 0.3 is 18.3 Å². The minimum atomic E-state index is -4.77. The predicted molar refractivity (Wildman–Crippen MR) is 193 cm³/mol. The van der Waals surface area contributed by atoms with Crippen LogP contribution < -0.4 is 21.3 Å². The number of urea groups is 1. The minimum absolute atomic E-state index is 0.0792. The van der Waals surface area contributed by atoms with Gasteiger partial charge in [0.2, 0.25) is 5.95 Å². The SMILES string of the molecule is CCOC(=O)N=[S@](C)(=O)c1cccc(Nc2ncc(-c3ccc(NC(=O)Nc4cc(C(F)(F)F)ccc4F)c(F)c3)c(NCCCN3CCOCC3)n2)c1. The van der Waals surface area contributed by atoms with Crippen LogP contribution in [0.2, 0.25) is 0 Å². The topological polar surface area (TPSA) is 159 Å². The molecular formula is C35H37F5N8O5S. The highest BCUT2D eigenvalue weighted by atomic mass is 32.2. The summed E-state index contributed by atoms with van der Waals surface area (Å²) in [6, 6.07) is 10.6. The monoisotopic (exact) mass is 776 g/mol. The van der Waals surface area contributed by atoms with Crippen LogP contribution in [-0.4, -0.2) is 83.5 Å². The van der Waals surface area contributed by atoms with Gasteiger partial charge in [-0.15, -0.1) is 4.36 Å². The maximum absolute atomic E-state index is 15.4.